The fraction of sp³-hybridized carbons (Fsp3) is 0.235. The number of aromatic nitrogens is 2. The minimum Gasteiger partial charge on any atom is -0.497 e. The van der Waals surface area contributed by atoms with Gasteiger partial charge in [0, 0.05) is 6.07 Å². The molecule has 2 aromatic carbocycles. The molecule has 3 aromatic rings. The molecule has 21 heavy (non-hydrogen) atoms. The van der Waals surface area contributed by atoms with Gasteiger partial charge in [-0.15, -0.1) is 11.6 Å². The van der Waals surface area contributed by atoms with Crippen LogP contribution >= 0.6 is 11.6 Å². The molecule has 1 aromatic heterocycles. The van der Waals surface area contributed by atoms with Gasteiger partial charge in [-0.3, -0.25) is 4.57 Å². The molecule has 0 amide bonds. The highest BCUT2D eigenvalue weighted by Gasteiger charge is 2.14. The predicted molar refractivity (Wildman–Crippen MR) is 86.7 cm³/mol. The third-order valence-corrected chi connectivity index (χ3v) is 3.90. The van der Waals surface area contributed by atoms with E-state index in [2.05, 4.69) is 41.6 Å². The Bertz CT molecular complexity index is 808. The second kappa shape index (κ2) is 5.41. The van der Waals surface area contributed by atoms with E-state index in [-0.39, 0.29) is 0 Å². The molecule has 0 radical (unpaired) electrons. The highest BCUT2D eigenvalue weighted by Crippen LogP contribution is 2.28. The first-order valence-corrected chi connectivity index (χ1v) is 7.36. The summed E-state index contributed by atoms with van der Waals surface area (Å²) in [6.45, 7) is 4.18. The molecule has 0 aliphatic heterocycles. The minimum atomic E-state index is 0.365. The molecule has 3 rings (SSSR count). The number of imidazole rings is 1. The average molecular weight is 301 g/mol. The Morgan fingerprint density at radius 1 is 1.14 bits per heavy atom. The third-order valence-electron chi connectivity index (χ3n) is 3.66. The number of hydrogen-bond donors (Lipinski definition) is 0. The lowest BCUT2D eigenvalue weighted by molar-refractivity contribution is 0.415. The number of fused-ring (bicyclic) bond motifs is 1. The van der Waals surface area contributed by atoms with Gasteiger partial charge in [0.2, 0.25) is 0 Å². The fourth-order valence-electron chi connectivity index (χ4n) is 2.55. The van der Waals surface area contributed by atoms with E-state index in [1.165, 1.54) is 11.1 Å². The summed E-state index contributed by atoms with van der Waals surface area (Å²) in [5, 5.41) is 0. The smallest absolute Gasteiger partial charge is 0.129 e. The molecule has 4 heteroatoms. The van der Waals surface area contributed by atoms with E-state index in [0.717, 1.165) is 28.3 Å². The zero-order valence-electron chi connectivity index (χ0n) is 12.4. The number of alkyl halides is 1. The first-order valence-electron chi connectivity index (χ1n) is 6.83. The maximum atomic E-state index is 6.10. The van der Waals surface area contributed by atoms with Gasteiger partial charge in [0.05, 0.1) is 29.7 Å². The van der Waals surface area contributed by atoms with Gasteiger partial charge in [-0.1, -0.05) is 12.1 Å². The number of nitrogens with zero attached hydrogens (tertiary/aromatic N) is 2. The molecule has 0 saturated carbocycles. The monoisotopic (exact) mass is 300 g/mol. The molecule has 0 spiro atoms. The van der Waals surface area contributed by atoms with Crippen molar-refractivity contribution in [3.63, 3.8) is 0 Å². The van der Waals surface area contributed by atoms with Crippen molar-refractivity contribution in [2.75, 3.05) is 7.11 Å². The van der Waals surface area contributed by atoms with Crippen molar-refractivity contribution >= 4 is 22.6 Å². The molecule has 0 aliphatic carbocycles. The molecule has 0 bridgehead atoms. The summed E-state index contributed by atoms with van der Waals surface area (Å²) >= 11 is 6.10. The third kappa shape index (κ3) is 2.38. The van der Waals surface area contributed by atoms with Crippen molar-refractivity contribution in [1.29, 1.82) is 0 Å². The highest BCUT2D eigenvalue weighted by atomic mass is 35.5. The Morgan fingerprint density at radius 3 is 2.67 bits per heavy atom. The number of halogens is 1. The Balaban J connectivity index is 2.36. The lowest BCUT2D eigenvalue weighted by atomic mass is 10.1. The SMILES string of the molecule is COc1ccc2nc(CCl)n(-c3cc(C)ccc3C)c2c1. The Morgan fingerprint density at radius 2 is 1.95 bits per heavy atom. The van der Waals surface area contributed by atoms with Gasteiger partial charge < -0.3 is 4.74 Å². The maximum absolute atomic E-state index is 6.10. The van der Waals surface area contributed by atoms with Gasteiger partial charge in [-0.2, -0.15) is 0 Å². The fourth-order valence-corrected chi connectivity index (χ4v) is 2.73. The van der Waals surface area contributed by atoms with Crippen molar-refractivity contribution in [2.24, 2.45) is 0 Å². The molecule has 108 valence electrons. The molecular formula is C17H17ClN2O. The van der Waals surface area contributed by atoms with Gasteiger partial charge in [0.1, 0.15) is 11.6 Å². The van der Waals surface area contributed by atoms with Crippen LogP contribution < -0.4 is 4.74 Å². The van der Waals surface area contributed by atoms with E-state index < -0.39 is 0 Å². The van der Waals surface area contributed by atoms with Crippen molar-refractivity contribution in [1.82, 2.24) is 9.55 Å². The zero-order chi connectivity index (χ0) is 15.0. The lowest BCUT2D eigenvalue weighted by Gasteiger charge is -2.12. The van der Waals surface area contributed by atoms with Crippen molar-refractivity contribution in [2.45, 2.75) is 19.7 Å². The van der Waals surface area contributed by atoms with Crippen LogP contribution in [0.1, 0.15) is 17.0 Å². The van der Waals surface area contributed by atoms with Crippen LogP contribution in [0.2, 0.25) is 0 Å². The summed E-state index contributed by atoms with van der Waals surface area (Å²) in [6, 6.07) is 12.3. The van der Waals surface area contributed by atoms with Crippen molar-refractivity contribution < 1.29 is 4.74 Å². The molecule has 0 N–H and O–H groups in total. The molecule has 0 aliphatic rings. The number of ether oxygens (including phenoxy) is 1. The maximum Gasteiger partial charge on any atom is 0.129 e. The highest BCUT2D eigenvalue weighted by molar-refractivity contribution is 6.17. The van der Waals surface area contributed by atoms with Crippen molar-refractivity contribution in [3.8, 4) is 11.4 Å². The van der Waals surface area contributed by atoms with Crippen LogP contribution in [0.4, 0.5) is 0 Å². The summed E-state index contributed by atoms with van der Waals surface area (Å²) in [5.41, 5.74) is 5.45. The standard InChI is InChI=1S/C17H17ClN2O/c1-11-4-5-12(2)15(8-11)20-16-9-13(21-3)6-7-14(16)19-17(20)10-18/h4-9H,10H2,1-3H3. The van der Waals surface area contributed by atoms with Gasteiger partial charge >= 0.3 is 0 Å². The molecular weight excluding hydrogens is 284 g/mol. The molecule has 3 nitrogen and oxygen atoms in total. The van der Waals surface area contributed by atoms with Gasteiger partial charge in [-0.25, -0.2) is 4.98 Å². The van der Waals surface area contributed by atoms with Gasteiger partial charge in [0.25, 0.3) is 0 Å². The van der Waals surface area contributed by atoms with E-state index >= 15 is 0 Å². The Kier molecular flexibility index (Phi) is 3.60. The molecule has 0 atom stereocenters. The van der Waals surface area contributed by atoms with E-state index in [9.17, 15) is 0 Å². The topological polar surface area (TPSA) is 27.1 Å². The summed E-state index contributed by atoms with van der Waals surface area (Å²) in [4.78, 5) is 4.63. The predicted octanol–water partition coefficient (Wildman–Crippen LogP) is 4.39. The average Bonchev–Trinajstić information content (AvgIpc) is 2.87. The lowest BCUT2D eigenvalue weighted by Crippen LogP contribution is -2.02. The number of hydrogen-bond acceptors (Lipinski definition) is 2. The molecule has 0 unspecified atom stereocenters. The second-order valence-electron chi connectivity index (χ2n) is 5.14. The summed E-state index contributed by atoms with van der Waals surface area (Å²) in [7, 11) is 1.67. The molecule has 0 saturated heterocycles. The number of aryl methyl sites for hydroxylation is 2. The van der Waals surface area contributed by atoms with Crippen LogP contribution in [0.3, 0.4) is 0 Å². The normalized spacial score (nSPS) is 11.0. The van der Waals surface area contributed by atoms with Crippen LogP contribution in [0.15, 0.2) is 36.4 Å². The van der Waals surface area contributed by atoms with E-state index in [1.807, 2.05) is 18.2 Å². The minimum absolute atomic E-state index is 0.365. The number of methoxy groups -OCH3 is 1. The van der Waals surface area contributed by atoms with Crippen LogP contribution in [-0.4, -0.2) is 16.7 Å². The van der Waals surface area contributed by atoms with E-state index in [1.54, 1.807) is 7.11 Å². The number of benzene rings is 2. The quantitative estimate of drug-likeness (QED) is 0.671. The van der Waals surface area contributed by atoms with Gasteiger partial charge in [-0.05, 0) is 43.2 Å². The first-order chi connectivity index (χ1) is 10.1. The number of rotatable bonds is 3. The van der Waals surface area contributed by atoms with E-state index in [4.69, 9.17) is 16.3 Å². The summed E-state index contributed by atoms with van der Waals surface area (Å²) < 4.78 is 7.45. The Hall–Kier alpha value is -2.00. The second-order valence-corrected chi connectivity index (χ2v) is 5.41. The van der Waals surface area contributed by atoms with Gasteiger partial charge in [0.15, 0.2) is 0 Å². The van der Waals surface area contributed by atoms with Crippen molar-refractivity contribution in [3.05, 3.63) is 53.3 Å². The van der Waals surface area contributed by atoms with Crippen LogP contribution in [-0.2, 0) is 5.88 Å². The molecule has 0 fully saturated rings. The van der Waals surface area contributed by atoms with Crippen LogP contribution in [0.5, 0.6) is 5.75 Å². The van der Waals surface area contributed by atoms with Crippen LogP contribution in [0, 0.1) is 13.8 Å². The summed E-state index contributed by atoms with van der Waals surface area (Å²) in [6.07, 6.45) is 0. The first kappa shape index (κ1) is 14.0. The Labute approximate surface area is 129 Å². The zero-order valence-corrected chi connectivity index (χ0v) is 13.1. The summed E-state index contributed by atoms with van der Waals surface area (Å²) in [5.74, 6) is 2.02. The largest absolute Gasteiger partial charge is 0.497 e. The van der Waals surface area contributed by atoms with Crippen LogP contribution in [0.25, 0.3) is 16.7 Å². The molecule has 1 heterocycles. The van der Waals surface area contributed by atoms with E-state index in [0.29, 0.717) is 5.88 Å².